The van der Waals surface area contributed by atoms with Gasteiger partial charge in [0.2, 0.25) is 4.77 Å². The van der Waals surface area contributed by atoms with Crippen LogP contribution in [0.15, 0.2) is 58.4 Å². The molecular weight excluding hydrogens is 314 g/mol. The summed E-state index contributed by atoms with van der Waals surface area (Å²) in [5, 5.41) is 15.3. The van der Waals surface area contributed by atoms with Gasteiger partial charge in [-0.1, -0.05) is 36.4 Å². The minimum absolute atomic E-state index is 0.0716. The van der Waals surface area contributed by atoms with Crippen LogP contribution in [0.2, 0.25) is 0 Å². The minimum atomic E-state index is -1.25. The van der Waals surface area contributed by atoms with Crippen LogP contribution < -0.4 is 10.7 Å². The maximum absolute atomic E-state index is 12.4. The molecule has 23 heavy (non-hydrogen) atoms. The van der Waals surface area contributed by atoms with Crippen molar-refractivity contribution in [3.8, 4) is 0 Å². The second-order valence-corrected chi connectivity index (χ2v) is 5.13. The minimum Gasteiger partial charge on any atom is -0.545 e. The first-order valence-electron chi connectivity index (χ1n) is 6.66. The van der Waals surface area contributed by atoms with Gasteiger partial charge < -0.3 is 14.9 Å². The summed E-state index contributed by atoms with van der Waals surface area (Å²) in [5.41, 5.74) is 1.02. The van der Waals surface area contributed by atoms with E-state index in [1.807, 2.05) is 0 Å². The van der Waals surface area contributed by atoms with Gasteiger partial charge in [0.25, 0.3) is 5.56 Å². The van der Waals surface area contributed by atoms with Crippen molar-refractivity contribution in [1.82, 2.24) is 9.66 Å². The molecule has 1 heterocycles. The van der Waals surface area contributed by atoms with Crippen molar-refractivity contribution in [3.05, 3.63) is 74.8 Å². The molecule has 0 unspecified atom stereocenters. The molecular formula is C16H10N3O3S-. The van der Waals surface area contributed by atoms with Gasteiger partial charge >= 0.3 is 0 Å². The van der Waals surface area contributed by atoms with Gasteiger partial charge in [0.05, 0.1) is 23.1 Å². The Morgan fingerprint density at radius 3 is 2.57 bits per heavy atom. The Balaban J connectivity index is 2.02. The number of fused-ring (bicyclic) bond motifs is 1. The van der Waals surface area contributed by atoms with Crippen molar-refractivity contribution in [1.29, 1.82) is 0 Å². The maximum Gasteiger partial charge on any atom is 0.282 e. The summed E-state index contributed by atoms with van der Waals surface area (Å²) in [7, 11) is 0. The van der Waals surface area contributed by atoms with Gasteiger partial charge in [0.15, 0.2) is 0 Å². The van der Waals surface area contributed by atoms with Gasteiger partial charge in [-0.15, -0.1) is 0 Å². The summed E-state index contributed by atoms with van der Waals surface area (Å²) in [6.07, 6.45) is 1.43. The zero-order valence-electron chi connectivity index (χ0n) is 11.7. The first-order valence-corrected chi connectivity index (χ1v) is 7.07. The second-order valence-electron chi connectivity index (χ2n) is 4.75. The van der Waals surface area contributed by atoms with Crippen LogP contribution in [-0.2, 0) is 0 Å². The van der Waals surface area contributed by atoms with Crippen LogP contribution in [0, 0.1) is 4.77 Å². The molecule has 3 rings (SSSR count). The molecule has 0 atom stereocenters. The molecule has 3 aromatic rings. The number of H-pyrrole nitrogens is 1. The Kier molecular flexibility index (Phi) is 3.86. The predicted octanol–water partition coefficient (Wildman–Crippen LogP) is 1.30. The smallest absolute Gasteiger partial charge is 0.282 e. The highest BCUT2D eigenvalue weighted by atomic mass is 32.1. The zero-order chi connectivity index (χ0) is 16.4. The lowest BCUT2D eigenvalue weighted by Gasteiger charge is -2.03. The lowest BCUT2D eigenvalue weighted by atomic mass is 10.1. The number of aromatic nitrogens is 2. The normalized spacial score (nSPS) is 11.1. The Morgan fingerprint density at radius 2 is 1.87 bits per heavy atom. The van der Waals surface area contributed by atoms with Crippen molar-refractivity contribution in [2.24, 2.45) is 5.10 Å². The fraction of sp³-hybridized carbons (Fsp3) is 0. The van der Waals surface area contributed by atoms with E-state index in [2.05, 4.69) is 10.1 Å². The van der Waals surface area contributed by atoms with Crippen LogP contribution in [0.3, 0.4) is 0 Å². The number of nitrogens with zero attached hydrogens (tertiary/aromatic N) is 2. The summed E-state index contributed by atoms with van der Waals surface area (Å²) in [5.74, 6) is -1.25. The molecule has 1 N–H and O–H groups in total. The first kappa shape index (κ1) is 14.9. The van der Waals surface area contributed by atoms with Crippen molar-refractivity contribution in [3.63, 3.8) is 0 Å². The van der Waals surface area contributed by atoms with E-state index in [1.165, 1.54) is 18.3 Å². The molecule has 6 nitrogen and oxygen atoms in total. The molecule has 0 aliphatic rings. The number of carbonyl (C=O) groups is 1. The van der Waals surface area contributed by atoms with E-state index in [4.69, 9.17) is 12.2 Å². The average Bonchev–Trinajstić information content (AvgIpc) is 2.55. The van der Waals surface area contributed by atoms with Gasteiger partial charge in [-0.2, -0.15) is 9.78 Å². The van der Waals surface area contributed by atoms with Gasteiger partial charge in [-0.25, -0.2) is 0 Å². The molecule has 0 bridgehead atoms. The SMILES string of the molecule is O=C([O-])c1ccc(/C=N\n2c(=S)[nH]c3ccccc3c2=O)cc1. The van der Waals surface area contributed by atoms with Crippen LogP contribution in [0.25, 0.3) is 10.9 Å². The van der Waals surface area contributed by atoms with E-state index < -0.39 is 5.97 Å². The third-order valence-electron chi connectivity index (χ3n) is 3.25. The standard InChI is InChI=1S/C16H11N3O3S/c20-14-12-3-1-2-4-13(12)18-16(23)19(14)17-9-10-5-7-11(8-6-10)15(21)22/h1-9H,(H,18,23)(H,21,22)/p-1/b17-9-. The Bertz CT molecular complexity index is 1030. The lowest BCUT2D eigenvalue weighted by Crippen LogP contribution is -2.22. The van der Waals surface area contributed by atoms with E-state index in [-0.39, 0.29) is 15.9 Å². The summed E-state index contributed by atoms with van der Waals surface area (Å²) in [6, 6.07) is 12.9. The number of carboxylic acids is 1. The molecule has 0 fully saturated rings. The third-order valence-corrected chi connectivity index (χ3v) is 3.53. The Hall–Kier alpha value is -3.06. The molecule has 7 heteroatoms. The lowest BCUT2D eigenvalue weighted by molar-refractivity contribution is -0.255. The number of aromatic amines is 1. The topological polar surface area (TPSA) is 90.3 Å². The molecule has 1 aromatic heterocycles. The van der Waals surface area contributed by atoms with Gasteiger partial charge in [0.1, 0.15) is 0 Å². The van der Waals surface area contributed by atoms with Crippen LogP contribution in [-0.4, -0.2) is 21.8 Å². The van der Waals surface area contributed by atoms with Crippen LogP contribution >= 0.6 is 12.2 Å². The predicted molar refractivity (Wildman–Crippen MR) is 87.2 cm³/mol. The number of rotatable bonds is 3. The highest BCUT2D eigenvalue weighted by Crippen LogP contribution is 2.06. The van der Waals surface area contributed by atoms with Crippen LogP contribution in [0.5, 0.6) is 0 Å². The van der Waals surface area contributed by atoms with Gasteiger partial charge in [0, 0.05) is 0 Å². The number of carboxylic acid groups (broad SMARTS) is 1. The summed E-state index contributed by atoms with van der Waals surface area (Å²) < 4.78 is 1.26. The second kappa shape index (κ2) is 5.98. The number of benzene rings is 2. The molecule has 0 amide bonds. The fourth-order valence-electron chi connectivity index (χ4n) is 2.09. The molecule has 0 saturated heterocycles. The molecule has 0 aliphatic carbocycles. The molecule has 114 valence electrons. The highest BCUT2D eigenvalue weighted by molar-refractivity contribution is 7.71. The molecule has 0 saturated carbocycles. The number of carbonyl (C=O) groups excluding carboxylic acids is 1. The monoisotopic (exact) mass is 324 g/mol. The third kappa shape index (κ3) is 2.95. The number of aromatic carboxylic acids is 1. The summed E-state index contributed by atoms with van der Waals surface area (Å²) in [4.78, 5) is 26.0. The summed E-state index contributed by atoms with van der Waals surface area (Å²) in [6.45, 7) is 0. The molecule has 2 aromatic carbocycles. The van der Waals surface area contributed by atoms with Gasteiger partial charge in [-0.05, 0) is 35.5 Å². The van der Waals surface area contributed by atoms with E-state index >= 15 is 0 Å². The first-order chi connectivity index (χ1) is 11.1. The highest BCUT2D eigenvalue weighted by Gasteiger charge is 2.03. The average molecular weight is 324 g/mol. The molecule has 0 spiro atoms. The van der Waals surface area contributed by atoms with Crippen molar-refractivity contribution in [2.45, 2.75) is 0 Å². The number of nitrogens with one attached hydrogen (secondary N) is 1. The van der Waals surface area contributed by atoms with E-state index in [9.17, 15) is 14.7 Å². The van der Waals surface area contributed by atoms with Gasteiger partial charge in [-0.3, -0.25) is 4.79 Å². The summed E-state index contributed by atoms with van der Waals surface area (Å²) >= 11 is 5.15. The van der Waals surface area contributed by atoms with Crippen molar-refractivity contribution in [2.75, 3.05) is 0 Å². The Labute approximate surface area is 135 Å². The zero-order valence-corrected chi connectivity index (χ0v) is 12.5. The van der Waals surface area contributed by atoms with Crippen LogP contribution in [0.4, 0.5) is 0 Å². The molecule has 0 radical (unpaired) electrons. The van der Waals surface area contributed by atoms with E-state index in [0.29, 0.717) is 16.5 Å². The maximum atomic E-state index is 12.4. The van der Waals surface area contributed by atoms with Crippen LogP contribution in [0.1, 0.15) is 15.9 Å². The fourth-order valence-corrected chi connectivity index (χ4v) is 2.33. The number of hydrogen-bond donors (Lipinski definition) is 1. The number of hydrogen-bond acceptors (Lipinski definition) is 5. The quantitative estimate of drug-likeness (QED) is 0.581. The van der Waals surface area contributed by atoms with E-state index in [1.54, 1.807) is 36.4 Å². The number of para-hydroxylation sites is 1. The van der Waals surface area contributed by atoms with Crippen molar-refractivity contribution < 1.29 is 9.90 Å². The Morgan fingerprint density at radius 1 is 1.17 bits per heavy atom. The van der Waals surface area contributed by atoms with Crippen molar-refractivity contribution >= 4 is 35.3 Å². The molecule has 0 aliphatic heterocycles. The largest absolute Gasteiger partial charge is 0.545 e. The van der Waals surface area contributed by atoms with E-state index in [0.717, 1.165) is 4.68 Å².